The molecule has 2 saturated heterocycles. The first-order chi connectivity index (χ1) is 15.1. The van der Waals surface area contributed by atoms with Crippen molar-refractivity contribution in [1.82, 2.24) is 29.7 Å². The van der Waals surface area contributed by atoms with Gasteiger partial charge in [-0.05, 0) is 31.9 Å². The zero-order valence-corrected chi connectivity index (χ0v) is 17.9. The number of benzene rings is 1. The van der Waals surface area contributed by atoms with Crippen LogP contribution < -0.4 is 0 Å². The van der Waals surface area contributed by atoms with E-state index < -0.39 is 0 Å². The Labute approximate surface area is 181 Å². The topological polar surface area (TPSA) is 87.2 Å². The molecule has 4 heterocycles. The fraction of sp³-hybridized carbons (Fsp3) is 0.478. The number of aryl methyl sites for hydroxylation is 1. The van der Waals surface area contributed by atoms with Crippen molar-refractivity contribution in [2.24, 2.45) is 0 Å². The molecule has 2 aliphatic rings. The summed E-state index contributed by atoms with van der Waals surface area (Å²) >= 11 is 0. The molecule has 0 radical (unpaired) electrons. The molecule has 1 N–H and O–H groups in total. The van der Waals surface area contributed by atoms with Gasteiger partial charge in [0.2, 0.25) is 5.91 Å². The summed E-state index contributed by atoms with van der Waals surface area (Å²) < 4.78 is 6.29. The Kier molecular flexibility index (Phi) is 5.41. The van der Waals surface area contributed by atoms with Crippen LogP contribution in [0.1, 0.15) is 36.5 Å². The summed E-state index contributed by atoms with van der Waals surface area (Å²) in [5.41, 5.74) is 3.49. The van der Waals surface area contributed by atoms with Crippen molar-refractivity contribution in [3.05, 3.63) is 53.9 Å². The number of likely N-dealkylation sites (tertiary alicyclic amines) is 1. The lowest BCUT2D eigenvalue weighted by Gasteiger charge is -2.42. The van der Waals surface area contributed by atoms with Gasteiger partial charge in [-0.3, -0.25) is 19.7 Å². The lowest BCUT2D eigenvalue weighted by Crippen LogP contribution is -2.51. The van der Waals surface area contributed by atoms with Gasteiger partial charge in [0.05, 0.1) is 66.9 Å². The number of aromatic amines is 1. The number of carbonyl (C=O) groups is 1. The largest absolute Gasteiger partial charge is 0.373 e. The highest BCUT2D eigenvalue weighted by Crippen LogP contribution is 2.31. The zero-order chi connectivity index (χ0) is 21.3. The van der Waals surface area contributed by atoms with Crippen LogP contribution in [0.4, 0.5) is 0 Å². The second kappa shape index (κ2) is 8.36. The summed E-state index contributed by atoms with van der Waals surface area (Å²) in [5.74, 6) is 1.12. The minimum atomic E-state index is -0.283. The average Bonchev–Trinajstić information content (AvgIpc) is 3.12. The summed E-state index contributed by atoms with van der Waals surface area (Å²) in [6, 6.07) is 8.12. The van der Waals surface area contributed by atoms with Crippen molar-refractivity contribution < 1.29 is 9.53 Å². The van der Waals surface area contributed by atoms with Crippen molar-refractivity contribution in [2.75, 3.05) is 26.2 Å². The van der Waals surface area contributed by atoms with Gasteiger partial charge in [0.25, 0.3) is 0 Å². The van der Waals surface area contributed by atoms with Crippen LogP contribution in [-0.4, -0.2) is 67.5 Å². The Bertz CT molecular complexity index is 1020. The highest BCUT2D eigenvalue weighted by atomic mass is 16.5. The molecule has 0 unspecified atom stereocenters. The first-order valence-corrected chi connectivity index (χ1v) is 10.9. The maximum Gasteiger partial charge on any atom is 0.225 e. The van der Waals surface area contributed by atoms with E-state index in [4.69, 9.17) is 9.72 Å². The quantitative estimate of drug-likeness (QED) is 0.698. The molecular formula is C23H28N6O2. The lowest BCUT2D eigenvalue weighted by molar-refractivity contribution is -0.132. The van der Waals surface area contributed by atoms with Crippen molar-refractivity contribution in [3.63, 3.8) is 0 Å². The Hall–Kier alpha value is -2.84. The second-order valence-corrected chi connectivity index (χ2v) is 8.66. The molecule has 162 valence electrons. The second-order valence-electron chi connectivity index (χ2n) is 8.66. The van der Waals surface area contributed by atoms with Crippen molar-refractivity contribution in [3.8, 4) is 0 Å². The van der Waals surface area contributed by atoms with Crippen molar-refractivity contribution in [2.45, 2.75) is 44.9 Å². The summed E-state index contributed by atoms with van der Waals surface area (Å²) in [5, 5.41) is 0. The number of piperidine rings is 1. The van der Waals surface area contributed by atoms with Crippen LogP contribution in [0.25, 0.3) is 11.0 Å². The zero-order valence-electron chi connectivity index (χ0n) is 17.9. The molecule has 2 aromatic heterocycles. The molecule has 1 spiro atoms. The van der Waals surface area contributed by atoms with Crippen LogP contribution in [0.15, 0.2) is 36.7 Å². The van der Waals surface area contributed by atoms with E-state index >= 15 is 0 Å². The molecule has 0 atom stereocenters. The third-order valence-electron chi connectivity index (χ3n) is 6.32. The number of rotatable bonds is 4. The average molecular weight is 421 g/mol. The molecule has 31 heavy (non-hydrogen) atoms. The number of hydrogen-bond acceptors (Lipinski definition) is 6. The number of para-hydroxylation sites is 2. The van der Waals surface area contributed by atoms with Crippen LogP contribution >= 0.6 is 0 Å². The highest BCUT2D eigenvalue weighted by Gasteiger charge is 2.40. The van der Waals surface area contributed by atoms with Crippen LogP contribution in [0.2, 0.25) is 0 Å². The summed E-state index contributed by atoms with van der Waals surface area (Å²) in [7, 11) is 0. The Morgan fingerprint density at radius 1 is 1.13 bits per heavy atom. The molecule has 2 aliphatic heterocycles. The first kappa shape index (κ1) is 20.1. The molecule has 3 aromatic rings. The number of imidazole rings is 1. The maximum atomic E-state index is 12.7. The van der Waals surface area contributed by atoms with Gasteiger partial charge in [0.1, 0.15) is 5.82 Å². The molecule has 0 bridgehead atoms. The number of fused-ring (bicyclic) bond motifs is 1. The third kappa shape index (κ3) is 4.45. The van der Waals surface area contributed by atoms with Crippen molar-refractivity contribution >= 4 is 16.9 Å². The normalized spacial score (nSPS) is 19.8. The number of ether oxygens (including phenoxy) is 1. The standard InChI is InChI=1S/C23H28N6O2/c1-17-12-25-18(13-24-17)14-29-16-23(31-11-6-22(29)30)7-9-28(10-8-23)15-21-26-19-4-2-3-5-20(19)27-21/h2-5,12-13H,6-11,14-16H2,1H3,(H,26,27). The van der Waals surface area contributed by atoms with Gasteiger partial charge < -0.3 is 14.6 Å². The van der Waals surface area contributed by atoms with Crippen LogP contribution in [0.3, 0.4) is 0 Å². The molecule has 0 aliphatic carbocycles. The van der Waals surface area contributed by atoms with E-state index in [0.717, 1.165) is 60.7 Å². The third-order valence-corrected chi connectivity index (χ3v) is 6.32. The van der Waals surface area contributed by atoms with Crippen molar-refractivity contribution in [1.29, 1.82) is 0 Å². The minimum Gasteiger partial charge on any atom is -0.373 e. The van der Waals surface area contributed by atoms with Crippen LogP contribution in [-0.2, 0) is 22.6 Å². The highest BCUT2D eigenvalue weighted by molar-refractivity contribution is 5.76. The minimum absolute atomic E-state index is 0.129. The smallest absolute Gasteiger partial charge is 0.225 e. The van der Waals surface area contributed by atoms with Gasteiger partial charge in [-0.15, -0.1) is 0 Å². The summed E-state index contributed by atoms with van der Waals surface area (Å²) in [6.07, 6.45) is 5.73. The lowest BCUT2D eigenvalue weighted by atomic mass is 9.90. The van der Waals surface area contributed by atoms with Crippen LogP contribution in [0, 0.1) is 6.92 Å². The Morgan fingerprint density at radius 3 is 2.74 bits per heavy atom. The van der Waals surface area contributed by atoms with E-state index in [1.807, 2.05) is 30.0 Å². The molecule has 8 nitrogen and oxygen atoms in total. The van der Waals surface area contributed by atoms with Gasteiger partial charge >= 0.3 is 0 Å². The fourth-order valence-electron chi connectivity index (χ4n) is 4.55. The molecule has 0 saturated carbocycles. The van der Waals surface area contributed by atoms with E-state index in [2.05, 4.69) is 25.9 Å². The summed E-state index contributed by atoms with van der Waals surface area (Å²) in [4.78, 5) is 33.9. The fourth-order valence-corrected chi connectivity index (χ4v) is 4.55. The number of hydrogen-bond donors (Lipinski definition) is 1. The number of aromatic nitrogens is 4. The van der Waals surface area contributed by atoms with E-state index in [1.165, 1.54) is 0 Å². The predicted molar refractivity (Wildman–Crippen MR) is 116 cm³/mol. The van der Waals surface area contributed by atoms with Gasteiger partial charge in [-0.25, -0.2) is 4.98 Å². The van der Waals surface area contributed by atoms with E-state index in [1.54, 1.807) is 12.4 Å². The van der Waals surface area contributed by atoms with Gasteiger partial charge in [-0.1, -0.05) is 12.1 Å². The number of H-pyrrole nitrogens is 1. The van der Waals surface area contributed by atoms with Crippen LogP contribution in [0.5, 0.6) is 0 Å². The molecule has 1 aromatic carbocycles. The van der Waals surface area contributed by atoms with Gasteiger partial charge in [-0.2, -0.15) is 0 Å². The predicted octanol–water partition coefficient (Wildman–Crippen LogP) is 2.45. The number of nitrogens with zero attached hydrogens (tertiary/aromatic N) is 5. The SMILES string of the molecule is Cc1cnc(CN2CC3(CCN(Cc4nc5ccccc5[nH]4)CC3)OCCC2=O)cn1. The first-order valence-electron chi connectivity index (χ1n) is 10.9. The summed E-state index contributed by atoms with van der Waals surface area (Å²) in [6.45, 7) is 6.13. The van der Waals surface area contributed by atoms with Gasteiger partial charge in [0, 0.05) is 19.3 Å². The monoisotopic (exact) mass is 420 g/mol. The number of amides is 1. The Balaban J connectivity index is 1.23. The van der Waals surface area contributed by atoms with Gasteiger partial charge in [0.15, 0.2) is 0 Å². The van der Waals surface area contributed by atoms with E-state index in [9.17, 15) is 4.79 Å². The maximum absolute atomic E-state index is 12.7. The van der Waals surface area contributed by atoms with E-state index in [-0.39, 0.29) is 11.5 Å². The number of carbonyl (C=O) groups excluding carboxylic acids is 1. The molecular weight excluding hydrogens is 392 g/mol. The molecule has 5 rings (SSSR count). The number of nitrogens with one attached hydrogen (secondary N) is 1. The molecule has 8 heteroatoms. The van der Waals surface area contributed by atoms with E-state index in [0.29, 0.717) is 26.1 Å². The Morgan fingerprint density at radius 2 is 1.97 bits per heavy atom. The molecule has 1 amide bonds. The molecule has 2 fully saturated rings.